The Balaban J connectivity index is 2.32. The predicted octanol–water partition coefficient (Wildman–Crippen LogP) is 4.57. The van der Waals surface area contributed by atoms with Crippen LogP contribution in [0.5, 0.6) is 0 Å². The maximum Gasteiger partial charge on any atom is 0.416 e. The van der Waals surface area contributed by atoms with E-state index in [0.717, 1.165) is 12.1 Å². The van der Waals surface area contributed by atoms with E-state index in [1.807, 2.05) is 20.8 Å². The molecule has 2 rings (SSSR count). The molecular weight excluding hydrogens is 439 g/mol. The number of benzene rings is 1. The van der Waals surface area contributed by atoms with Crippen LogP contribution in [0.3, 0.4) is 0 Å². The molecule has 182 valence electrons. The highest BCUT2D eigenvalue weighted by Gasteiger charge is 2.31. The molecule has 0 aliphatic heterocycles. The number of alkyl halides is 3. The van der Waals surface area contributed by atoms with Gasteiger partial charge in [-0.3, -0.25) is 9.59 Å². The standard InChI is InChI=1S/C23H30F3N3O4/c1-6-32-19(30)11-14(4)27-12-18-20(22(31)28-15(5)13(2)3)29-33-21(18)16-7-9-17(10-8-16)23(24,25)26/h7-10,13-15,27H,6,11-12H2,1-5H3,(H,28,31). The average Bonchev–Trinajstić information content (AvgIpc) is 3.15. The fraction of sp³-hybridized carbons (Fsp3) is 0.522. The molecule has 0 radical (unpaired) electrons. The maximum absolute atomic E-state index is 12.9. The van der Waals surface area contributed by atoms with Gasteiger partial charge in [0.2, 0.25) is 0 Å². The number of carbonyl (C=O) groups excluding carboxylic acids is 2. The van der Waals surface area contributed by atoms with Crippen molar-refractivity contribution in [3.63, 3.8) is 0 Å². The molecule has 0 aliphatic rings. The molecule has 2 aromatic rings. The number of nitrogens with zero attached hydrogens (tertiary/aromatic N) is 1. The lowest BCUT2D eigenvalue weighted by molar-refractivity contribution is -0.143. The molecule has 1 aromatic heterocycles. The molecule has 0 spiro atoms. The Morgan fingerprint density at radius 1 is 1.12 bits per heavy atom. The zero-order valence-corrected chi connectivity index (χ0v) is 19.4. The molecule has 0 aliphatic carbocycles. The van der Waals surface area contributed by atoms with Gasteiger partial charge in [-0.1, -0.05) is 31.1 Å². The second kappa shape index (κ2) is 11.3. The van der Waals surface area contributed by atoms with Crippen LogP contribution in [0.15, 0.2) is 28.8 Å². The van der Waals surface area contributed by atoms with Crippen LogP contribution in [-0.4, -0.2) is 35.7 Å². The fourth-order valence-corrected chi connectivity index (χ4v) is 2.95. The Hall–Kier alpha value is -2.88. The Kier molecular flexibility index (Phi) is 9.04. The van der Waals surface area contributed by atoms with Gasteiger partial charge in [0.15, 0.2) is 11.5 Å². The van der Waals surface area contributed by atoms with Crippen LogP contribution < -0.4 is 10.6 Å². The van der Waals surface area contributed by atoms with Crippen LogP contribution in [0.25, 0.3) is 11.3 Å². The molecule has 0 saturated heterocycles. The van der Waals surface area contributed by atoms with Gasteiger partial charge in [-0.05, 0) is 38.8 Å². The molecule has 0 saturated carbocycles. The summed E-state index contributed by atoms with van der Waals surface area (Å²) in [5, 5.41) is 9.89. The number of ether oxygens (including phenoxy) is 1. The summed E-state index contributed by atoms with van der Waals surface area (Å²) in [5.74, 6) is -0.453. The monoisotopic (exact) mass is 469 g/mol. The summed E-state index contributed by atoms with van der Waals surface area (Å²) in [7, 11) is 0. The van der Waals surface area contributed by atoms with Gasteiger partial charge in [0.1, 0.15) is 0 Å². The first-order chi connectivity index (χ1) is 15.4. The Morgan fingerprint density at radius 3 is 2.30 bits per heavy atom. The zero-order valence-electron chi connectivity index (χ0n) is 19.4. The van der Waals surface area contributed by atoms with E-state index in [0.29, 0.717) is 11.1 Å². The Bertz CT molecular complexity index is 939. The third-order valence-electron chi connectivity index (χ3n) is 5.24. The van der Waals surface area contributed by atoms with Crippen molar-refractivity contribution in [2.45, 2.75) is 65.8 Å². The lowest BCUT2D eigenvalue weighted by Gasteiger charge is -2.17. The first-order valence-electron chi connectivity index (χ1n) is 10.8. The average molecular weight is 470 g/mol. The van der Waals surface area contributed by atoms with Crippen molar-refractivity contribution in [3.05, 3.63) is 41.1 Å². The van der Waals surface area contributed by atoms with E-state index in [2.05, 4.69) is 15.8 Å². The third kappa shape index (κ3) is 7.31. The molecule has 2 N–H and O–H groups in total. The number of hydrogen-bond acceptors (Lipinski definition) is 6. The largest absolute Gasteiger partial charge is 0.466 e. The number of aromatic nitrogens is 1. The first kappa shape index (κ1) is 26.4. The van der Waals surface area contributed by atoms with Crippen molar-refractivity contribution in [3.8, 4) is 11.3 Å². The smallest absolute Gasteiger partial charge is 0.416 e. The summed E-state index contributed by atoms with van der Waals surface area (Å²) in [4.78, 5) is 24.6. The Labute approximate surface area is 191 Å². The van der Waals surface area contributed by atoms with Crippen LogP contribution in [0.2, 0.25) is 0 Å². The van der Waals surface area contributed by atoms with Crippen LogP contribution in [0, 0.1) is 5.92 Å². The van der Waals surface area contributed by atoms with Crippen molar-refractivity contribution in [1.82, 2.24) is 15.8 Å². The van der Waals surface area contributed by atoms with Crippen molar-refractivity contribution in [2.75, 3.05) is 6.61 Å². The topological polar surface area (TPSA) is 93.5 Å². The van der Waals surface area contributed by atoms with Crippen LogP contribution in [-0.2, 0) is 22.3 Å². The van der Waals surface area contributed by atoms with Gasteiger partial charge in [0.25, 0.3) is 5.91 Å². The minimum absolute atomic E-state index is 0.0354. The van der Waals surface area contributed by atoms with Gasteiger partial charge in [-0.15, -0.1) is 0 Å². The van der Waals surface area contributed by atoms with Gasteiger partial charge >= 0.3 is 12.1 Å². The number of carbonyl (C=O) groups is 2. The number of rotatable bonds is 10. The molecular formula is C23H30F3N3O4. The van der Waals surface area contributed by atoms with E-state index in [9.17, 15) is 22.8 Å². The predicted molar refractivity (Wildman–Crippen MR) is 116 cm³/mol. The van der Waals surface area contributed by atoms with Crippen LogP contribution in [0.1, 0.15) is 62.7 Å². The molecule has 1 amide bonds. The highest BCUT2D eigenvalue weighted by atomic mass is 19.4. The highest BCUT2D eigenvalue weighted by Crippen LogP contribution is 2.32. The van der Waals surface area contributed by atoms with Gasteiger partial charge < -0.3 is 19.9 Å². The lowest BCUT2D eigenvalue weighted by Crippen LogP contribution is -2.37. The lowest BCUT2D eigenvalue weighted by atomic mass is 10.0. The van der Waals surface area contributed by atoms with E-state index < -0.39 is 17.6 Å². The summed E-state index contributed by atoms with van der Waals surface area (Å²) in [6.45, 7) is 9.66. The fourth-order valence-electron chi connectivity index (χ4n) is 2.95. The second-order valence-corrected chi connectivity index (χ2v) is 8.21. The molecule has 2 unspecified atom stereocenters. The number of hydrogen-bond donors (Lipinski definition) is 2. The minimum Gasteiger partial charge on any atom is -0.466 e. The van der Waals surface area contributed by atoms with E-state index in [1.54, 1.807) is 13.8 Å². The number of amides is 1. The van der Waals surface area contributed by atoms with Gasteiger partial charge in [0.05, 0.1) is 18.6 Å². The molecule has 7 nitrogen and oxygen atoms in total. The van der Waals surface area contributed by atoms with E-state index in [-0.39, 0.29) is 55.0 Å². The van der Waals surface area contributed by atoms with Crippen molar-refractivity contribution >= 4 is 11.9 Å². The molecule has 1 heterocycles. The van der Waals surface area contributed by atoms with Gasteiger partial charge in [-0.25, -0.2) is 0 Å². The van der Waals surface area contributed by atoms with Crippen molar-refractivity contribution < 1.29 is 32.0 Å². The molecule has 0 bridgehead atoms. The van der Waals surface area contributed by atoms with Crippen molar-refractivity contribution in [1.29, 1.82) is 0 Å². The molecule has 33 heavy (non-hydrogen) atoms. The summed E-state index contributed by atoms with van der Waals surface area (Å²) >= 11 is 0. The molecule has 2 atom stereocenters. The van der Waals surface area contributed by atoms with E-state index in [1.165, 1.54) is 12.1 Å². The number of nitrogens with one attached hydrogen (secondary N) is 2. The second-order valence-electron chi connectivity index (χ2n) is 8.21. The van der Waals surface area contributed by atoms with Crippen LogP contribution >= 0.6 is 0 Å². The normalized spacial score (nSPS) is 13.6. The summed E-state index contributed by atoms with van der Waals surface area (Å²) in [6.07, 6.45) is -4.36. The minimum atomic E-state index is -4.47. The number of halogens is 3. The summed E-state index contributed by atoms with van der Waals surface area (Å²) in [6, 6.07) is 4.01. The number of esters is 1. The zero-order chi connectivity index (χ0) is 24.8. The van der Waals surface area contributed by atoms with Crippen molar-refractivity contribution in [2.24, 2.45) is 5.92 Å². The molecule has 0 fully saturated rings. The van der Waals surface area contributed by atoms with E-state index >= 15 is 0 Å². The van der Waals surface area contributed by atoms with Gasteiger partial charge in [0, 0.05) is 29.8 Å². The van der Waals surface area contributed by atoms with Gasteiger partial charge in [-0.2, -0.15) is 13.2 Å². The molecule has 10 heteroatoms. The van der Waals surface area contributed by atoms with Crippen LogP contribution in [0.4, 0.5) is 13.2 Å². The maximum atomic E-state index is 12.9. The first-order valence-corrected chi connectivity index (χ1v) is 10.8. The SMILES string of the molecule is CCOC(=O)CC(C)NCc1c(C(=O)NC(C)C(C)C)noc1-c1ccc(C(F)(F)F)cc1. The Morgan fingerprint density at radius 2 is 1.76 bits per heavy atom. The summed E-state index contributed by atoms with van der Waals surface area (Å²) in [5.41, 5.74) is -0.0225. The van der Waals surface area contributed by atoms with E-state index in [4.69, 9.17) is 9.26 Å². The summed E-state index contributed by atoms with van der Waals surface area (Å²) < 4.78 is 49.1. The highest BCUT2D eigenvalue weighted by molar-refractivity contribution is 5.95. The molecule has 1 aromatic carbocycles. The third-order valence-corrected chi connectivity index (χ3v) is 5.24. The quantitative estimate of drug-likeness (QED) is 0.496.